The number of aliphatic hydroxyl groups is 1. The summed E-state index contributed by atoms with van der Waals surface area (Å²) in [6.45, 7) is 22.1. The van der Waals surface area contributed by atoms with E-state index in [1.807, 2.05) is 0 Å². The summed E-state index contributed by atoms with van der Waals surface area (Å²) in [5.41, 5.74) is 2.12. The molecule has 0 saturated carbocycles. The first-order valence-corrected chi connectivity index (χ1v) is 31.0. The van der Waals surface area contributed by atoms with Crippen LogP contribution in [0, 0.1) is 29.6 Å². The number of rotatable bonds is 11. The number of esters is 1. The first-order chi connectivity index (χ1) is 38.0. The molecule has 30 atom stereocenters. The van der Waals surface area contributed by atoms with Crippen LogP contribution in [0.1, 0.15) is 157 Å². The largest absolute Gasteiger partial charge is 0.459 e. The first-order valence-electron chi connectivity index (χ1n) is 31.0. The fraction of sp³-hybridized carbons (Fsp3) is 0.903. The number of hydrogen-bond acceptors (Lipinski definition) is 17. The highest BCUT2D eigenvalue weighted by atomic mass is 16.8. The van der Waals surface area contributed by atoms with Gasteiger partial charge in [-0.15, -0.1) is 0 Å². The van der Waals surface area contributed by atoms with Crippen molar-refractivity contribution in [3.63, 3.8) is 0 Å². The molecule has 30 unspecified atom stereocenters. The summed E-state index contributed by atoms with van der Waals surface area (Å²) in [5.74, 6) is -0.805. The number of carbonyl (C=O) groups excluding carboxylic acids is 2. The molecule has 1 spiro atoms. The minimum Gasteiger partial charge on any atom is -0.459 e. The molecule has 1 N–H and O–H groups in total. The number of fused-ring (bicyclic) bond motifs is 8. The molecule has 13 saturated heterocycles. The molecule has 0 aromatic rings. The number of Topliss-reactive ketones (excluding diaryl/α,β-unsaturated/α-hetero) is 1. The van der Waals surface area contributed by atoms with Gasteiger partial charge in [-0.2, -0.15) is 0 Å². The Hall–Kier alpha value is -1.94. The van der Waals surface area contributed by atoms with E-state index in [1.165, 1.54) is 0 Å². The van der Waals surface area contributed by atoms with E-state index in [1.54, 1.807) is 14.2 Å². The highest BCUT2D eigenvalue weighted by molar-refractivity contribution is 5.79. The molecule has 13 aliphatic rings. The average Bonchev–Trinajstić information content (AvgIpc) is 4.19. The van der Waals surface area contributed by atoms with Gasteiger partial charge in [0, 0.05) is 58.7 Å². The van der Waals surface area contributed by atoms with Crippen molar-refractivity contribution in [2.45, 2.75) is 309 Å². The summed E-state index contributed by atoms with van der Waals surface area (Å²) in [6.07, 6.45) is 3.71. The van der Waals surface area contributed by atoms with Crippen molar-refractivity contribution in [1.29, 1.82) is 0 Å². The SMILES string of the molecule is C=C1CC2CCC34CC5OC6C(OC7CCC(CC(=O)OC8C(CC9OC(CCC1O2)CC(C)C9=C)OC1CC(OC)C(CC(=O)CC(O)C(OC)C(C)CC2CC(C)C9OC(CC)C(C)CC9O2)OC1C8C)OC7C6O3)C5O4. The lowest BCUT2D eigenvalue weighted by Crippen LogP contribution is -2.62. The molecule has 13 heterocycles. The van der Waals surface area contributed by atoms with Gasteiger partial charge in [0.15, 0.2) is 5.79 Å². The molecular weight excluding hydrogens is 1020 g/mol. The van der Waals surface area contributed by atoms with Gasteiger partial charge in [0.1, 0.15) is 42.4 Å². The summed E-state index contributed by atoms with van der Waals surface area (Å²) >= 11 is 0. The average molecular weight is 1110 g/mol. The van der Waals surface area contributed by atoms with E-state index < -0.39 is 72.9 Å². The monoisotopic (exact) mass is 1110 g/mol. The molecule has 12 bridgehead atoms. The van der Waals surface area contributed by atoms with E-state index in [0.29, 0.717) is 56.8 Å². The van der Waals surface area contributed by atoms with Gasteiger partial charge in [-0.1, -0.05) is 54.7 Å². The number of hydrogen-bond donors (Lipinski definition) is 1. The van der Waals surface area contributed by atoms with E-state index in [0.717, 1.165) is 62.5 Å². The lowest BCUT2D eigenvalue weighted by molar-refractivity contribution is -0.293. The van der Waals surface area contributed by atoms with Crippen LogP contribution in [0.4, 0.5) is 0 Å². The summed E-state index contributed by atoms with van der Waals surface area (Å²) in [6, 6.07) is 0. The van der Waals surface area contributed by atoms with Gasteiger partial charge in [0.2, 0.25) is 0 Å². The number of methoxy groups -OCH3 is 2. The van der Waals surface area contributed by atoms with Crippen LogP contribution in [0.2, 0.25) is 0 Å². The van der Waals surface area contributed by atoms with Gasteiger partial charge in [-0.25, -0.2) is 0 Å². The maximum Gasteiger partial charge on any atom is 0.308 e. The Balaban J connectivity index is 0.732. The van der Waals surface area contributed by atoms with E-state index in [2.05, 4.69) is 54.7 Å². The fourth-order valence-corrected chi connectivity index (χ4v) is 17.1. The van der Waals surface area contributed by atoms with Gasteiger partial charge < -0.3 is 71.4 Å². The number of carbonyl (C=O) groups is 2. The molecule has 17 heteroatoms. The Morgan fingerprint density at radius 3 is 2.19 bits per heavy atom. The van der Waals surface area contributed by atoms with Crippen molar-refractivity contribution in [3.8, 4) is 0 Å². The van der Waals surface area contributed by atoms with Crippen LogP contribution in [0.3, 0.4) is 0 Å². The maximum atomic E-state index is 14.5. The van der Waals surface area contributed by atoms with E-state index in [4.69, 9.17) is 66.3 Å². The third-order valence-corrected chi connectivity index (χ3v) is 21.3. The standard InChI is InChI=1S/C62H94O17/c1-11-42-31(4)22-48-54(73-42)33(6)21-40(70-48)20-32(5)53(67-10)41(64)23-36(63)24-47-46(66-9)27-50-55(75-47)35(8)56-49(72-50)26-45-34(7)29(2)18-37(69-45)12-14-43-30(3)19-39(68-43)16-17-62-28-51-58(78-62)59-60(76-51)61(79-62)57-44(74-59)15-13-38(71-57)25-52(65)77-56/h29,31-33,35,37-51,53-61,64H,3,7,11-28H2,1-2,4-6,8-10H3. The van der Waals surface area contributed by atoms with Gasteiger partial charge in [0.05, 0.1) is 116 Å². The molecule has 0 aromatic heterocycles. The van der Waals surface area contributed by atoms with Crippen LogP contribution < -0.4 is 0 Å². The maximum absolute atomic E-state index is 14.5. The van der Waals surface area contributed by atoms with Gasteiger partial charge in [-0.3, -0.25) is 9.59 Å². The quantitative estimate of drug-likeness (QED) is 0.157. The van der Waals surface area contributed by atoms with Crippen LogP contribution in [-0.2, 0) is 75.9 Å². The number of aliphatic hydroxyl groups excluding tert-OH is 1. The fourth-order valence-electron chi connectivity index (χ4n) is 17.1. The van der Waals surface area contributed by atoms with Crippen LogP contribution in [0.25, 0.3) is 0 Å². The first kappa shape index (κ1) is 57.5. The highest BCUT2D eigenvalue weighted by Gasteiger charge is 2.69. The summed E-state index contributed by atoms with van der Waals surface area (Å²) in [5, 5.41) is 11.7. The molecule has 0 amide bonds. The van der Waals surface area contributed by atoms with Crippen molar-refractivity contribution in [3.05, 3.63) is 24.3 Å². The van der Waals surface area contributed by atoms with Gasteiger partial charge in [-0.05, 0) is 105 Å². The summed E-state index contributed by atoms with van der Waals surface area (Å²) in [4.78, 5) is 28.7. The van der Waals surface area contributed by atoms with Crippen LogP contribution >= 0.6 is 0 Å². The van der Waals surface area contributed by atoms with Gasteiger partial charge >= 0.3 is 5.97 Å². The smallest absolute Gasteiger partial charge is 0.308 e. The lowest BCUT2D eigenvalue weighted by atomic mass is 9.79. The van der Waals surface area contributed by atoms with Crippen molar-refractivity contribution in [1.82, 2.24) is 0 Å². The zero-order chi connectivity index (χ0) is 55.2. The normalized spacial score (nSPS) is 50.8. The number of ketones is 1. The summed E-state index contributed by atoms with van der Waals surface area (Å²) < 4.78 is 93.9. The van der Waals surface area contributed by atoms with Crippen molar-refractivity contribution >= 4 is 11.8 Å². The number of ether oxygens (including phenoxy) is 14. The second kappa shape index (κ2) is 23.5. The minimum atomic E-state index is -1.03. The molecule has 0 aliphatic carbocycles. The topological polar surface area (TPSA) is 184 Å². The lowest BCUT2D eigenvalue weighted by Gasteiger charge is -2.51. The Kier molecular flexibility index (Phi) is 17.1. The van der Waals surface area contributed by atoms with Crippen molar-refractivity contribution in [2.24, 2.45) is 29.6 Å². The van der Waals surface area contributed by atoms with Crippen molar-refractivity contribution in [2.75, 3.05) is 14.2 Å². The Bertz CT molecular complexity index is 2190. The second-order valence-electron chi connectivity index (χ2n) is 26.9. The second-order valence-corrected chi connectivity index (χ2v) is 26.9. The summed E-state index contributed by atoms with van der Waals surface area (Å²) in [7, 11) is 3.24. The third-order valence-electron chi connectivity index (χ3n) is 21.3. The molecule has 13 aliphatic heterocycles. The van der Waals surface area contributed by atoms with E-state index >= 15 is 0 Å². The highest BCUT2D eigenvalue weighted by Crippen LogP contribution is 2.55. The Morgan fingerprint density at radius 2 is 1.39 bits per heavy atom. The molecule has 13 fully saturated rings. The predicted octanol–water partition coefficient (Wildman–Crippen LogP) is 7.61. The van der Waals surface area contributed by atoms with E-state index in [9.17, 15) is 14.7 Å². The van der Waals surface area contributed by atoms with Crippen molar-refractivity contribution < 1.29 is 81.0 Å². The Labute approximate surface area is 468 Å². The minimum absolute atomic E-state index is 0.00736. The zero-order valence-corrected chi connectivity index (χ0v) is 48.4. The van der Waals surface area contributed by atoms with E-state index in [-0.39, 0.29) is 128 Å². The molecule has 0 aromatic carbocycles. The molecule has 444 valence electrons. The molecule has 17 nitrogen and oxygen atoms in total. The third kappa shape index (κ3) is 11.4. The Morgan fingerprint density at radius 1 is 0.671 bits per heavy atom. The molecule has 13 rings (SSSR count). The molecular formula is C62H94O17. The molecule has 0 radical (unpaired) electrons. The van der Waals surface area contributed by atoms with Crippen LogP contribution in [-0.4, -0.2) is 183 Å². The zero-order valence-electron chi connectivity index (χ0n) is 48.4. The van der Waals surface area contributed by atoms with Crippen LogP contribution in [0.15, 0.2) is 24.3 Å². The van der Waals surface area contributed by atoms with Crippen LogP contribution in [0.5, 0.6) is 0 Å². The predicted molar refractivity (Wildman–Crippen MR) is 286 cm³/mol. The van der Waals surface area contributed by atoms with Gasteiger partial charge in [0.25, 0.3) is 0 Å². The molecule has 79 heavy (non-hydrogen) atoms.